The largest absolute Gasteiger partial charge is 0.467 e. The highest BCUT2D eigenvalue weighted by Crippen LogP contribution is 2.41. The number of amides is 3. The summed E-state index contributed by atoms with van der Waals surface area (Å²) in [4.78, 5) is 47.4. The Morgan fingerprint density at radius 2 is 1.84 bits per heavy atom. The first kappa shape index (κ1) is 29.5. The maximum Gasteiger partial charge on any atom is 0.410 e. The van der Waals surface area contributed by atoms with Crippen LogP contribution in [0.1, 0.15) is 35.0 Å². The van der Waals surface area contributed by atoms with Crippen molar-refractivity contribution in [1.82, 2.24) is 9.80 Å². The van der Waals surface area contributed by atoms with Crippen molar-refractivity contribution in [3.63, 3.8) is 0 Å². The van der Waals surface area contributed by atoms with E-state index in [-0.39, 0.29) is 25.0 Å². The summed E-state index contributed by atoms with van der Waals surface area (Å²) in [6, 6.07) is 26.7. The number of carbonyl (C=O) groups excluding carboxylic acids is 3. The van der Waals surface area contributed by atoms with Gasteiger partial charge in [-0.05, 0) is 66.4 Å². The van der Waals surface area contributed by atoms with Crippen LogP contribution < -0.4 is 5.32 Å². The topological polar surface area (TPSA) is 104 Å². The van der Waals surface area contributed by atoms with Crippen molar-refractivity contribution in [3.05, 3.63) is 119 Å². The summed E-state index contributed by atoms with van der Waals surface area (Å²) >= 11 is 7.51. The Bertz CT molecular complexity index is 1660. The van der Waals surface area contributed by atoms with Crippen LogP contribution in [0.5, 0.6) is 0 Å². The number of rotatable bonds is 8. The maximum absolute atomic E-state index is 13.6. The molecule has 3 heterocycles. The third-order valence-corrected chi connectivity index (χ3v) is 8.81. The summed E-state index contributed by atoms with van der Waals surface area (Å²) in [6.07, 6.45) is 2.33. The van der Waals surface area contributed by atoms with E-state index >= 15 is 0 Å². The van der Waals surface area contributed by atoms with Crippen molar-refractivity contribution in [1.29, 1.82) is 0 Å². The number of halogens is 1. The molecule has 2 fully saturated rings. The van der Waals surface area contributed by atoms with Crippen LogP contribution in [0.4, 0.5) is 16.2 Å². The molecule has 4 aromatic rings. The van der Waals surface area contributed by atoms with Gasteiger partial charge in [-0.15, -0.1) is 0 Å². The number of anilines is 1. The molecule has 0 spiro atoms. The summed E-state index contributed by atoms with van der Waals surface area (Å²) < 4.78 is 11.0. The zero-order valence-corrected chi connectivity index (χ0v) is 25.2. The summed E-state index contributed by atoms with van der Waals surface area (Å²) in [7, 11) is 0. The van der Waals surface area contributed by atoms with Gasteiger partial charge in [0.05, 0.1) is 18.5 Å². The number of nitrogens with zero attached hydrogens (tertiary/aromatic N) is 3. The predicted molar refractivity (Wildman–Crippen MR) is 170 cm³/mol. The minimum atomic E-state index is -0.620. The molecule has 2 aliphatic heterocycles. The Labute approximate surface area is 263 Å². The second-order valence-corrected chi connectivity index (χ2v) is 11.9. The molecule has 9 nitrogen and oxygen atoms in total. The van der Waals surface area contributed by atoms with E-state index in [4.69, 9.17) is 25.7 Å². The molecule has 1 unspecified atom stereocenters. The van der Waals surface area contributed by atoms with Gasteiger partial charge in [0.25, 0.3) is 0 Å². The highest BCUT2D eigenvalue weighted by atomic mass is 35.5. The van der Waals surface area contributed by atoms with Gasteiger partial charge >= 0.3 is 6.09 Å². The zero-order valence-electron chi connectivity index (χ0n) is 23.6. The van der Waals surface area contributed by atoms with Crippen LogP contribution >= 0.6 is 23.4 Å². The molecule has 0 radical (unpaired) electrons. The molecule has 0 aliphatic carbocycles. The number of thioether (sulfide) groups is 1. The Balaban J connectivity index is 1.12. The van der Waals surface area contributed by atoms with Crippen molar-refractivity contribution >= 4 is 57.8 Å². The van der Waals surface area contributed by atoms with Crippen molar-refractivity contribution in [2.75, 3.05) is 11.9 Å². The van der Waals surface area contributed by atoms with E-state index < -0.39 is 17.4 Å². The van der Waals surface area contributed by atoms with Crippen molar-refractivity contribution in [2.45, 2.75) is 37.3 Å². The normalized spacial score (nSPS) is 19.0. The molecule has 3 aromatic carbocycles. The molecular weight excluding hydrogens is 600 g/mol. The molecule has 2 aliphatic rings. The summed E-state index contributed by atoms with van der Waals surface area (Å²) in [5.41, 5.74) is 2.86. The highest BCUT2D eigenvalue weighted by molar-refractivity contribution is 8.15. The Morgan fingerprint density at radius 1 is 1.02 bits per heavy atom. The van der Waals surface area contributed by atoms with Crippen LogP contribution in [0.15, 0.2) is 107 Å². The van der Waals surface area contributed by atoms with Crippen LogP contribution in [-0.4, -0.2) is 45.5 Å². The molecule has 44 heavy (non-hydrogen) atoms. The summed E-state index contributed by atoms with van der Waals surface area (Å²) in [6.45, 7) is 0.849. The number of hydrogen-bond donors (Lipinski definition) is 1. The van der Waals surface area contributed by atoms with Gasteiger partial charge in [0.1, 0.15) is 23.7 Å². The number of benzene rings is 3. The quantitative estimate of drug-likeness (QED) is 0.222. The molecule has 3 amide bonds. The van der Waals surface area contributed by atoms with Crippen LogP contribution in [0.2, 0.25) is 5.02 Å². The van der Waals surface area contributed by atoms with Crippen molar-refractivity contribution in [2.24, 2.45) is 4.99 Å². The van der Waals surface area contributed by atoms with Gasteiger partial charge in [0.15, 0.2) is 5.17 Å². The van der Waals surface area contributed by atoms with E-state index in [1.165, 1.54) is 16.7 Å². The SMILES string of the molecule is O=C(Nc1ccc(C2SC(=Nc3cccc(Cl)c3)N(Cc3ccco3)C2=O)cc1)[C@@H]1CCCN1C(=O)OCc1ccccc1. The lowest BCUT2D eigenvalue weighted by Gasteiger charge is -2.23. The minimum Gasteiger partial charge on any atom is -0.467 e. The van der Waals surface area contributed by atoms with Crippen molar-refractivity contribution in [3.8, 4) is 0 Å². The Hall–Kier alpha value is -4.54. The van der Waals surface area contributed by atoms with E-state index in [1.54, 1.807) is 41.5 Å². The van der Waals surface area contributed by atoms with E-state index in [0.29, 0.717) is 46.7 Å². The van der Waals surface area contributed by atoms with Gasteiger partial charge in [-0.1, -0.05) is 71.9 Å². The van der Waals surface area contributed by atoms with Gasteiger partial charge in [0.2, 0.25) is 11.8 Å². The predicted octanol–water partition coefficient (Wildman–Crippen LogP) is 7.18. The summed E-state index contributed by atoms with van der Waals surface area (Å²) in [5, 5.41) is 3.48. The van der Waals surface area contributed by atoms with Crippen LogP contribution in [0, 0.1) is 0 Å². The average Bonchev–Trinajstić information content (AvgIpc) is 3.80. The van der Waals surface area contributed by atoms with E-state index in [2.05, 4.69) is 5.32 Å². The monoisotopic (exact) mass is 628 g/mol. The van der Waals surface area contributed by atoms with Gasteiger partial charge < -0.3 is 14.5 Å². The lowest BCUT2D eigenvalue weighted by Crippen LogP contribution is -2.43. The lowest BCUT2D eigenvalue weighted by molar-refractivity contribution is -0.126. The molecular formula is C33H29ClN4O5S. The van der Waals surface area contributed by atoms with Gasteiger partial charge in [-0.2, -0.15) is 0 Å². The minimum absolute atomic E-state index is 0.125. The third kappa shape index (κ3) is 6.82. The average molecular weight is 629 g/mol. The Kier molecular flexibility index (Phi) is 8.99. The second kappa shape index (κ2) is 13.4. The first-order chi connectivity index (χ1) is 21.4. The standard InChI is InChI=1S/C33H29ClN4O5S/c34-24-9-4-10-26(19-24)36-32-38(20-27-11-6-18-42-27)31(40)29(44-32)23-13-15-25(16-14-23)35-30(39)28-12-5-17-37(28)33(41)43-21-22-7-2-1-3-8-22/h1-4,6-11,13-16,18-19,28-29H,5,12,17,20-21H2,(H,35,39)/t28-,29?/m0/s1. The van der Waals surface area contributed by atoms with Gasteiger partial charge in [-0.3, -0.25) is 19.4 Å². The summed E-state index contributed by atoms with van der Waals surface area (Å²) in [5.74, 6) is 0.236. The fourth-order valence-electron chi connectivity index (χ4n) is 5.14. The molecule has 0 bridgehead atoms. The number of furan rings is 1. The number of amidine groups is 1. The second-order valence-electron chi connectivity index (χ2n) is 10.4. The van der Waals surface area contributed by atoms with Gasteiger partial charge in [0, 0.05) is 17.3 Å². The highest BCUT2D eigenvalue weighted by Gasteiger charge is 2.40. The fraction of sp³-hybridized carbons (Fsp3) is 0.212. The van der Waals surface area contributed by atoms with Crippen molar-refractivity contribution < 1.29 is 23.5 Å². The number of hydrogen-bond acceptors (Lipinski definition) is 7. The maximum atomic E-state index is 13.6. The van der Waals surface area contributed by atoms with E-state index in [1.807, 2.05) is 60.7 Å². The molecule has 0 saturated carbocycles. The van der Waals surface area contributed by atoms with Crippen LogP contribution in [-0.2, 0) is 27.5 Å². The smallest absolute Gasteiger partial charge is 0.410 e. The number of likely N-dealkylation sites (tertiary alicyclic amines) is 1. The lowest BCUT2D eigenvalue weighted by atomic mass is 10.1. The Morgan fingerprint density at radius 3 is 2.59 bits per heavy atom. The molecule has 2 atom stereocenters. The number of nitrogens with one attached hydrogen (secondary N) is 1. The van der Waals surface area contributed by atoms with Crippen LogP contribution in [0.3, 0.4) is 0 Å². The molecule has 6 rings (SSSR count). The molecule has 1 N–H and O–H groups in total. The molecule has 1 aromatic heterocycles. The zero-order chi connectivity index (χ0) is 30.5. The van der Waals surface area contributed by atoms with Gasteiger partial charge in [-0.25, -0.2) is 9.79 Å². The van der Waals surface area contributed by atoms with E-state index in [9.17, 15) is 14.4 Å². The molecule has 2 saturated heterocycles. The first-order valence-corrected chi connectivity index (χ1v) is 15.4. The van der Waals surface area contributed by atoms with Crippen LogP contribution in [0.25, 0.3) is 0 Å². The third-order valence-electron chi connectivity index (χ3n) is 7.35. The fourth-order valence-corrected chi connectivity index (χ4v) is 6.50. The number of carbonyl (C=O) groups is 3. The molecule has 224 valence electrons. The first-order valence-electron chi connectivity index (χ1n) is 14.2. The molecule has 11 heteroatoms. The number of aliphatic imine (C=N–C) groups is 1. The number of ether oxygens (including phenoxy) is 1. The van der Waals surface area contributed by atoms with E-state index in [0.717, 1.165) is 11.1 Å².